The summed E-state index contributed by atoms with van der Waals surface area (Å²) in [6.45, 7) is 3.50. The van der Waals surface area contributed by atoms with Crippen LogP contribution in [0.1, 0.15) is 18.4 Å². The van der Waals surface area contributed by atoms with Crippen LogP contribution >= 0.6 is 15.9 Å². The fraction of sp³-hybridized carbons (Fsp3) is 0.571. The lowest BCUT2D eigenvalue weighted by molar-refractivity contribution is 0.249. The van der Waals surface area contributed by atoms with Crippen LogP contribution in [0.15, 0.2) is 22.7 Å². The van der Waals surface area contributed by atoms with Gasteiger partial charge >= 0.3 is 0 Å². The summed E-state index contributed by atoms with van der Waals surface area (Å²) in [5, 5.41) is 8.96. The molecule has 1 fully saturated rings. The Morgan fingerprint density at radius 1 is 1.50 bits per heavy atom. The van der Waals surface area contributed by atoms with Crippen LogP contribution in [0.2, 0.25) is 0 Å². The van der Waals surface area contributed by atoms with E-state index < -0.39 is 0 Å². The van der Waals surface area contributed by atoms with Crippen molar-refractivity contribution < 1.29 is 9.84 Å². The molecule has 1 aliphatic rings. The number of aliphatic hydroxyl groups excluding tert-OH is 1. The zero-order valence-corrected chi connectivity index (χ0v) is 12.3. The second kappa shape index (κ2) is 6.55. The van der Waals surface area contributed by atoms with Crippen LogP contribution in [0.25, 0.3) is 0 Å². The number of nitrogens with zero attached hydrogens (tertiary/aromatic N) is 1. The van der Waals surface area contributed by atoms with Crippen molar-refractivity contribution in [2.75, 3.05) is 26.8 Å². The van der Waals surface area contributed by atoms with Crippen molar-refractivity contribution in [2.24, 2.45) is 5.92 Å². The predicted molar refractivity (Wildman–Crippen MR) is 75.8 cm³/mol. The normalized spacial score (nSPS) is 20.3. The van der Waals surface area contributed by atoms with Crippen molar-refractivity contribution in [2.45, 2.75) is 19.4 Å². The Balaban J connectivity index is 1.94. The summed E-state index contributed by atoms with van der Waals surface area (Å²) < 4.78 is 6.30. The van der Waals surface area contributed by atoms with E-state index >= 15 is 0 Å². The Labute approximate surface area is 117 Å². The van der Waals surface area contributed by atoms with E-state index in [1.54, 1.807) is 7.11 Å². The number of methoxy groups -OCH3 is 1. The van der Waals surface area contributed by atoms with Crippen LogP contribution in [0, 0.1) is 5.92 Å². The standard InChI is InChI=1S/C14H20BrNO2/c1-18-13-3-2-12(14(15)8-13)10-16-6-4-11(9-16)5-7-17/h2-3,8,11,17H,4-7,9-10H2,1H3/t11-/m1/s1. The third-order valence-corrected chi connectivity index (χ3v) is 4.30. The maximum atomic E-state index is 8.96. The molecule has 18 heavy (non-hydrogen) atoms. The molecule has 1 aliphatic heterocycles. The lowest BCUT2D eigenvalue weighted by Crippen LogP contribution is -2.20. The molecule has 1 aromatic carbocycles. The molecule has 3 nitrogen and oxygen atoms in total. The third-order valence-electron chi connectivity index (χ3n) is 3.56. The number of halogens is 1. The van der Waals surface area contributed by atoms with Gasteiger partial charge in [-0.15, -0.1) is 0 Å². The first-order valence-electron chi connectivity index (χ1n) is 6.38. The fourth-order valence-electron chi connectivity index (χ4n) is 2.50. The van der Waals surface area contributed by atoms with Crippen LogP contribution in [-0.2, 0) is 6.54 Å². The second-order valence-electron chi connectivity index (χ2n) is 4.86. The van der Waals surface area contributed by atoms with Crippen molar-refractivity contribution in [3.8, 4) is 5.75 Å². The number of ether oxygens (including phenoxy) is 1. The van der Waals surface area contributed by atoms with Gasteiger partial charge in [-0.3, -0.25) is 4.90 Å². The van der Waals surface area contributed by atoms with E-state index in [4.69, 9.17) is 9.84 Å². The van der Waals surface area contributed by atoms with Crippen LogP contribution in [0.4, 0.5) is 0 Å². The molecule has 4 heteroatoms. The molecule has 0 aromatic heterocycles. The largest absolute Gasteiger partial charge is 0.497 e. The van der Waals surface area contributed by atoms with Gasteiger partial charge in [0.25, 0.3) is 0 Å². The van der Waals surface area contributed by atoms with E-state index in [9.17, 15) is 0 Å². The highest BCUT2D eigenvalue weighted by Gasteiger charge is 2.22. The zero-order valence-electron chi connectivity index (χ0n) is 10.7. The molecule has 2 rings (SSSR count). The number of aliphatic hydroxyl groups is 1. The van der Waals surface area contributed by atoms with Crippen molar-refractivity contribution in [3.05, 3.63) is 28.2 Å². The molecule has 1 heterocycles. The van der Waals surface area contributed by atoms with E-state index in [1.807, 2.05) is 12.1 Å². The summed E-state index contributed by atoms with van der Waals surface area (Å²) >= 11 is 3.59. The van der Waals surface area contributed by atoms with Gasteiger partial charge in [-0.1, -0.05) is 22.0 Å². The molecule has 1 atom stereocenters. The van der Waals surface area contributed by atoms with E-state index in [0.717, 1.165) is 36.3 Å². The minimum absolute atomic E-state index is 0.310. The molecule has 0 saturated carbocycles. The first-order valence-corrected chi connectivity index (χ1v) is 7.18. The molecule has 0 aliphatic carbocycles. The van der Waals surface area contributed by atoms with Gasteiger partial charge in [0.05, 0.1) is 7.11 Å². The maximum absolute atomic E-state index is 8.96. The summed E-state index contributed by atoms with van der Waals surface area (Å²) in [5.41, 5.74) is 1.29. The monoisotopic (exact) mass is 313 g/mol. The maximum Gasteiger partial charge on any atom is 0.120 e. The Morgan fingerprint density at radius 3 is 3.00 bits per heavy atom. The summed E-state index contributed by atoms with van der Waals surface area (Å²) in [6, 6.07) is 6.13. The van der Waals surface area contributed by atoms with Crippen molar-refractivity contribution in [3.63, 3.8) is 0 Å². The second-order valence-corrected chi connectivity index (χ2v) is 5.71. The third kappa shape index (κ3) is 3.46. The molecule has 1 aromatic rings. The van der Waals surface area contributed by atoms with Gasteiger partial charge in [0.15, 0.2) is 0 Å². The van der Waals surface area contributed by atoms with Gasteiger partial charge in [0.1, 0.15) is 5.75 Å². The topological polar surface area (TPSA) is 32.7 Å². The Bertz CT molecular complexity index is 397. The number of rotatable bonds is 5. The van der Waals surface area contributed by atoms with Crippen molar-refractivity contribution in [1.82, 2.24) is 4.90 Å². The van der Waals surface area contributed by atoms with Crippen molar-refractivity contribution >= 4 is 15.9 Å². The van der Waals surface area contributed by atoms with Crippen LogP contribution in [0.3, 0.4) is 0 Å². The SMILES string of the molecule is COc1ccc(CN2CC[C@H](CCO)C2)c(Br)c1. The molecule has 100 valence electrons. The van der Waals surface area contributed by atoms with E-state index in [2.05, 4.69) is 26.9 Å². The predicted octanol–water partition coefficient (Wildman–Crippen LogP) is 2.66. The first kappa shape index (κ1) is 13.8. The first-order chi connectivity index (χ1) is 8.72. The van der Waals surface area contributed by atoms with Crippen LogP contribution in [-0.4, -0.2) is 36.8 Å². The summed E-state index contributed by atoms with van der Waals surface area (Å²) in [5.74, 6) is 1.54. The smallest absolute Gasteiger partial charge is 0.120 e. The molecular weight excluding hydrogens is 294 g/mol. The molecule has 0 radical (unpaired) electrons. The number of benzene rings is 1. The van der Waals surface area contributed by atoms with Gasteiger partial charge in [0.2, 0.25) is 0 Å². The average Bonchev–Trinajstić information content (AvgIpc) is 2.80. The molecule has 0 spiro atoms. The highest BCUT2D eigenvalue weighted by atomic mass is 79.9. The van der Waals surface area contributed by atoms with E-state index in [0.29, 0.717) is 12.5 Å². The molecule has 0 unspecified atom stereocenters. The van der Waals surface area contributed by atoms with Gasteiger partial charge in [0, 0.05) is 24.2 Å². The van der Waals surface area contributed by atoms with Crippen LogP contribution in [0.5, 0.6) is 5.75 Å². The highest BCUT2D eigenvalue weighted by Crippen LogP contribution is 2.27. The fourth-order valence-corrected chi connectivity index (χ4v) is 2.98. The van der Waals surface area contributed by atoms with Gasteiger partial charge < -0.3 is 9.84 Å². The zero-order chi connectivity index (χ0) is 13.0. The van der Waals surface area contributed by atoms with E-state index in [1.165, 1.54) is 12.0 Å². The molecule has 0 bridgehead atoms. The lowest BCUT2D eigenvalue weighted by atomic mass is 10.1. The van der Waals surface area contributed by atoms with Crippen molar-refractivity contribution in [1.29, 1.82) is 0 Å². The lowest BCUT2D eigenvalue weighted by Gasteiger charge is -2.17. The average molecular weight is 314 g/mol. The molecule has 1 saturated heterocycles. The number of hydrogen-bond acceptors (Lipinski definition) is 3. The quantitative estimate of drug-likeness (QED) is 0.907. The van der Waals surface area contributed by atoms with Gasteiger partial charge in [-0.25, -0.2) is 0 Å². The van der Waals surface area contributed by atoms with E-state index in [-0.39, 0.29) is 0 Å². The molecule has 1 N–H and O–H groups in total. The Hall–Kier alpha value is -0.580. The Morgan fingerprint density at radius 2 is 2.33 bits per heavy atom. The molecular formula is C14H20BrNO2. The van der Waals surface area contributed by atoms with Gasteiger partial charge in [-0.2, -0.15) is 0 Å². The highest BCUT2D eigenvalue weighted by molar-refractivity contribution is 9.10. The minimum atomic E-state index is 0.310. The number of hydrogen-bond donors (Lipinski definition) is 1. The summed E-state index contributed by atoms with van der Waals surface area (Å²) in [4.78, 5) is 2.45. The minimum Gasteiger partial charge on any atom is -0.497 e. The summed E-state index contributed by atoms with van der Waals surface area (Å²) in [7, 11) is 1.68. The van der Waals surface area contributed by atoms with Gasteiger partial charge in [-0.05, 0) is 43.0 Å². The number of likely N-dealkylation sites (tertiary alicyclic amines) is 1. The molecule has 0 amide bonds. The van der Waals surface area contributed by atoms with Crippen LogP contribution < -0.4 is 4.74 Å². The Kier molecular flexibility index (Phi) is 5.03. The summed E-state index contributed by atoms with van der Waals surface area (Å²) in [6.07, 6.45) is 2.13.